The SMILES string of the molecule is COc1ccc2nc3c(nc2c1)O[C@H]1CN(C(=O)[C@H](C2(C)COC2)CC(=O)O[C@@H]2CCC[C@H]2CCCCC3)[C@H]([C-]=O)[C@@H]1C.COc1ccc2nc3c(nc2c1)O[C@H]1CN(C(=O)[C@H](C2(C)COC2)CC(=O)O[C@@H]2C[C@H]2CCCCC3)[C@H]([C-]=O)[C@@H]1C.[V].[V]. The normalized spacial score (nSPS) is 31.0. The van der Waals surface area contributed by atoms with Crippen molar-refractivity contribution in [1.29, 1.82) is 0 Å². The molecule has 20 nitrogen and oxygen atoms in total. The second-order valence-corrected chi connectivity index (χ2v) is 25.5. The molecule has 4 aromatic rings. The van der Waals surface area contributed by atoms with Gasteiger partial charge in [0.05, 0.1) is 100 Å². The van der Waals surface area contributed by atoms with Crippen molar-refractivity contribution in [2.45, 2.75) is 167 Å². The van der Waals surface area contributed by atoms with Gasteiger partial charge in [-0.2, -0.15) is 0 Å². The Bertz CT molecular complexity index is 3110. The van der Waals surface area contributed by atoms with E-state index in [1.54, 1.807) is 19.1 Å². The molecule has 12 atom stereocenters. The predicted octanol–water partition coefficient (Wildman–Crippen LogP) is 7.64. The van der Waals surface area contributed by atoms with Crippen molar-refractivity contribution >= 4 is 58.4 Å². The number of hydrogen-bond acceptors (Lipinski definition) is 18. The predicted molar refractivity (Wildman–Crippen MR) is 305 cm³/mol. The van der Waals surface area contributed by atoms with Crippen LogP contribution >= 0.6 is 0 Å². The first-order chi connectivity index (χ1) is 40.6. The van der Waals surface area contributed by atoms with E-state index in [-0.39, 0.29) is 111 Å². The van der Waals surface area contributed by atoms with E-state index in [4.69, 9.17) is 57.8 Å². The Morgan fingerprint density at radius 3 is 1.40 bits per heavy atom. The number of ether oxygens (including phenoxy) is 8. The molecule has 462 valence electrons. The smallest absolute Gasteiger partial charge is 0.306 e. The van der Waals surface area contributed by atoms with Crippen molar-refractivity contribution in [3.63, 3.8) is 0 Å². The molecule has 0 spiro atoms. The van der Waals surface area contributed by atoms with Crippen molar-refractivity contribution < 1.29 is 104 Å². The van der Waals surface area contributed by atoms with Gasteiger partial charge in [-0.3, -0.25) is 19.2 Å². The van der Waals surface area contributed by atoms with E-state index in [1.165, 1.54) is 4.90 Å². The van der Waals surface area contributed by atoms with Gasteiger partial charge in [-0.1, -0.05) is 65.5 Å². The molecule has 4 saturated heterocycles. The molecular formula is C64H80N6O14V2-2. The van der Waals surface area contributed by atoms with Crippen molar-refractivity contribution in [3.8, 4) is 23.3 Å². The summed E-state index contributed by atoms with van der Waals surface area (Å²) in [4.78, 5) is 102. The molecule has 86 heavy (non-hydrogen) atoms. The van der Waals surface area contributed by atoms with Crippen molar-refractivity contribution in [2.24, 2.45) is 46.3 Å². The number of benzene rings is 2. The number of carbonyl (C=O) groups is 4. The van der Waals surface area contributed by atoms with Crippen LogP contribution in [-0.2, 0) is 97.7 Å². The van der Waals surface area contributed by atoms with E-state index in [2.05, 4.69) is 12.6 Å². The molecule has 2 aromatic heterocycles. The van der Waals surface area contributed by atoms with E-state index in [0.29, 0.717) is 85.4 Å². The number of esters is 2. The van der Waals surface area contributed by atoms with E-state index < -0.39 is 47.0 Å². The summed E-state index contributed by atoms with van der Waals surface area (Å²) < 4.78 is 46.6. The molecule has 6 aliphatic heterocycles. The van der Waals surface area contributed by atoms with Crippen LogP contribution in [0.2, 0.25) is 0 Å². The molecule has 22 heteroatoms. The molecule has 8 heterocycles. The first-order valence-electron chi connectivity index (χ1n) is 30.5. The summed E-state index contributed by atoms with van der Waals surface area (Å²) in [7, 11) is 3.21. The summed E-state index contributed by atoms with van der Waals surface area (Å²) in [5.41, 5.74) is 3.33. The van der Waals surface area contributed by atoms with Gasteiger partial charge in [-0.15, -0.1) is 0 Å². The van der Waals surface area contributed by atoms with Crippen molar-refractivity contribution in [3.05, 3.63) is 47.8 Å². The Morgan fingerprint density at radius 1 is 0.523 bits per heavy atom. The third-order valence-electron chi connectivity index (χ3n) is 19.5. The third-order valence-corrected chi connectivity index (χ3v) is 19.5. The molecule has 12 rings (SSSR count). The van der Waals surface area contributed by atoms with E-state index in [9.17, 15) is 28.8 Å². The van der Waals surface area contributed by atoms with Crippen LogP contribution in [0.1, 0.15) is 129 Å². The first kappa shape index (κ1) is 65.1. The minimum atomic E-state index is -0.807. The van der Waals surface area contributed by atoms with Gasteiger partial charge in [0.25, 0.3) is 0 Å². The summed E-state index contributed by atoms with van der Waals surface area (Å²) in [6, 6.07) is 9.56. The van der Waals surface area contributed by atoms with Crippen LogP contribution in [0, 0.1) is 46.3 Å². The second-order valence-electron chi connectivity index (χ2n) is 25.5. The van der Waals surface area contributed by atoms with Gasteiger partial charge in [0.15, 0.2) is 0 Å². The summed E-state index contributed by atoms with van der Waals surface area (Å²) >= 11 is 0. The summed E-state index contributed by atoms with van der Waals surface area (Å²) in [5, 5.41) is 0. The number of methoxy groups -OCH3 is 2. The number of aryl methyl sites for hydroxylation is 2. The van der Waals surface area contributed by atoms with Crippen LogP contribution < -0.4 is 18.9 Å². The number of carbonyl (C=O) groups excluding carboxylic acids is 6. The van der Waals surface area contributed by atoms with Crippen LogP contribution in [0.25, 0.3) is 22.1 Å². The molecule has 2 saturated carbocycles. The Hall–Kier alpha value is -5.37. The minimum absolute atomic E-state index is 0. The number of rotatable bonds is 6. The Labute approximate surface area is 527 Å². The van der Waals surface area contributed by atoms with Gasteiger partial charge >= 0.3 is 11.9 Å². The molecule has 0 unspecified atom stereocenters. The molecular weight excluding hydrogens is 1180 g/mol. The summed E-state index contributed by atoms with van der Waals surface area (Å²) in [6.07, 6.45) is 16.1. The standard InChI is InChI=1S/C33H42N3O7.C31H38N3O7.2V/c1-20-27(17-37)36-16-29(20)43-31-25(34-24-13-12-22(40-3)14-26(24)35-31)10-6-4-5-8-21-9-7-11-28(21)42-30(38)15-23(32(36)39)33(2)18-41-19-33;1-18-25(15-35)34-14-27(18)41-29-23(32-22-10-9-20(38-3)12-24(22)33-29)8-6-4-5-7-19-11-26(19)40-28(36)13-21(30(34)37)31(2)16-39-17-31;;/h12-14,20-21,23,27-29H,4-11,15-16,18-19H2,1-3H3;9-10,12,18-19,21,25-27H,4-8,11,13-14,16-17H2,1-3H3;;/q2*-1;;/t20-,21+,23+,27+,28+,29-;18-,19+,21+,25+,26+,27-;;/m00../s1. The van der Waals surface area contributed by atoms with Gasteiger partial charge in [0.1, 0.15) is 47.3 Å². The average molecular weight is 1260 g/mol. The number of amides is 2. The monoisotopic (exact) mass is 1260 g/mol. The van der Waals surface area contributed by atoms with Crippen LogP contribution in [0.3, 0.4) is 0 Å². The van der Waals surface area contributed by atoms with Crippen molar-refractivity contribution in [1.82, 2.24) is 29.7 Å². The molecule has 4 bridgehead atoms. The zero-order chi connectivity index (χ0) is 58.9. The first-order valence-corrected chi connectivity index (χ1v) is 30.5. The zero-order valence-corrected chi connectivity index (χ0v) is 53.0. The number of hydrogen-bond donors (Lipinski definition) is 0. The fourth-order valence-electron chi connectivity index (χ4n) is 13.8. The molecule has 6 fully saturated rings. The topological polar surface area (TPSA) is 234 Å². The average Bonchev–Trinajstić information content (AvgIpc) is 1.52. The molecule has 8 aliphatic rings. The molecule has 2 aliphatic carbocycles. The van der Waals surface area contributed by atoms with E-state index in [1.807, 2.05) is 64.1 Å². The Morgan fingerprint density at radius 2 is 0.965 bits per heavy atom. The van der Waals surface area contributed by atoms with Crippen LogP contribution in [-0.4, -0.2) is 156 Å². The van der Waals surface area contributed by atoms with Gasteiger partial charge in [0, 0.05) is 60.1 Å². The molecule has 0 N–H and O–H groups in total. The summed E-state index contributed by atoms with van der Waals surface area (Å²) in [6.45, 7) is 9.58. The largest absolute Gasteiger partial charge is 0.540 e. The quantitative estimate of drug-likeness (QED) is 0.133. The second kappa shape index (κ2) is 28.0. The Balaban J connectivity index is 0.000000201. The fourth-order valence-corrected chi connectivity index (χ4v) is 13.8. The van der Waals surface area contributed by atoms with E-state index >= 15 is 0 Å². The zero-order valence-electron chi connectivity index (χ0n) is 50.2. The number of nitrogens with zero attached hydrogens (tertiary/aromatic N) is 6. The molecule has 2 aromatic carbocycles. The third kappa shape index (κ3) is 13.9. The minimum Gasteiger partial charge on any atom is -0.540 e. The summed E-state index contributed by atoms with van der Waals surface area (Å²) in [5.74, 6) is -0.324. The van der Waals surface area contributed by atoms with Crippen LogP contribution in [0.4, 0.5) is 0 Å². The van der Waals surface area contributed by atoms with Gasteiger partial charge in [0.2, 0.25) is 23.6 Å². The maximum Gasteiger partial charge on any atom is 0.306 e. The fraction of sp³-hybridized carbons (Fsp3) is 0.656. The van der Waals surface area contributed by atoms with Gasteiger partial charge in [-0.25, -0.2) is 32.5 Å². The number of fused-ring (bicyclic) bond motifs is 10. The van der Waals surface area contributed by atoms with Crippen LogP contribution in [0.15, 0.2) is 36.4 Å². The maximum atomic E-state index is 14.2. The van der Waals surface area contributed by atoms with E-state index in [0.717, 1.165) is 99.5 Å². The van der Waals surface area contributed by atoms with Crippen LogP contribution in [0.5, 0.6) is 23.3 Å². The van der Waals surface area contributed by atoms with Crippen molar-refractivity contribution in [2.75, 3.05) is 53.7 Å². The maximum absolute atomic E-state index is 14.2. The molecule has 2 radical (unpaired) electrons. The van der Waals surface area contributed by atoms with Gasteiger partial charge < -0.3 is 57.3 Å². The Kier molecular flexibility index (Phi) is 21.2. The van der Waals surface area contributed by atoms with Gasteiger partial charge in [-0.05, 0) is 112 Å². The molecule has 2 amide bonds. The number of aromatic nitrogens is 4.